The first-order valence-corrected chi connectivity index (χ1v) is 7.03. The van der Waals surface area contributed by atoms with E-state index in [0.29, 0.717) is 18.3 Å². The molecule has 0 aliphatic carbocycles. The summed E-state index contributed by atoms with van der Waals surface area (Å²) in [5.41, 5.74) is 0.594. The van der Waals surface area contributed by atoms with Gasteiger partial charge >= 0.3 is 0 Å². The maximum Gasteiger partial charge on any atom is 0.269 e. The lowest BCUT2D eigenvalue weighted by Crippen LogP contribution is -2.41. The Hall–Kier alpha value is -1.99. The number of anilines is 1. The number of hydrogen-bond donors (Lipinski definition) is 2. The molecule has 1 aliphatic heterocycles. The third-order valence-electron chi connectivity index (χ3n) is 3.65. The topological polar surface area (TPSA) is 87.5 Å². The van der Waals surface area contributed by atoms with Gasteiger partial charge in [0.25, 0.3) is 5.69 Å². The zero-order valence-corrected chi connectivity index (χ0v) is 12.0. The van der Waals surface area contributed by atoms with Crippen molar-refractivity contribution in [1.29, 1.82) is 0 Å². The third-order valence-corrected chi connectivity index (χ3v) is 3.65. The van der Waals surface area contributed by atoms with Crippen LogP contribution in [0.2, 0.25) is 0 Å². The van der Waals surface area contributed by atoms with E-state index in [1.165, 1.54) is 12.1 Å². The molecule has 0 spiro atoms. The molecule has 1 fully saturated rings. The number of amides is 1. The summed E-state index contributed by atoms with van der Waals surface area (Å²) in [6, 6.07) is 6.26. The summed E-state index contributed by atoms with van der Waals surface area (Å²) < 4.78 is 0. The number of nitro benzene ring substituents is 1. The molecule has 1 saturated heterocycles. The largest absolute Gasteiger partial charge is 0.325 e. The average Bonchev–Trinajstić information content (AvgIpc) is 2.87. The van der Waals surface area contributed by atoms with Crippen molar-refractivity contribution in [2.24, 2.45) is 0 Å². The normalized spacial score (nSPS) is 18.6. The minimum absolute atomic E-state index is 0.0154. The Balaban J connectivity index is 1.88. The molecule has 2 rings (SSSR count). The van der Waals surface area contributed by atoms with E-state index in [4.69, 9.17) is 0 Å². The predicted molar refractivity (Wildman–Crippen MR) is 80.2 cm³/mol. The van der Waals surface area contributed by atoms with Crippen LogP contribution in [0, 0.1) is 10.1 Å². The molecule has 1 atom stereocenters. The molecule has 1 amide bonds. The van der Waals surface area contributed by atoms with Crippen LogP contribution in [-0.2, 0) is 4.79 Å². The van der Waals surface area contributed by atoms with Crippen molar-refractivity contribution < 1.29 is 9.72 Å². The van der Waals surface area contributed by atoms with Crippen molar-refractivity contribution in [2.75, 3.05) is 32.0 Å². The summed E-state index contributed by atoms with van der Waals surface area (Å²) in [5.74, 6) is -0.0909. The Labute approximate surface area is 123 Å². The minimum atomic E-state index is -0.460. The number of carbonyl (C=O) groups is 1. The molecular formula is C14H20N4O3. The van der Waals surface area contributed by atoms with Crippen LogP contribution in [0.5, 0.6) is 0 Å². The lowest BCUT2D eigenvalue weighted by atomic mass is 10.2. The second kappa shape index (κ2) is 7.14. The van der Waals surface area contributed by atoms with Gasteiger partial charge in [-0.05, 0) is 38.6 Å². The Kier molecular flexibility index (Phi) is 5.24. The highest BCUT2D eigenvalue weighted by Gasteiger charge is 2.25. The molecule has 2 N–H and O–H groups in total. The first-order chi connectivity index (χ1) is 10.1. The molecule has 1 aromatic rings. The Bertz CT molecular complexity index is 503. The Morgan fingerprint density at radius 3 is 2.76 bits per heavy atom. The van der Waals surface area contributed by atoms with Gasteiger partial charge < -0.3 is 10.6 Å². The average molecular weight is 292 g/mol. The molecule has 7 nitrogen and oxygen atoms in total. The summed E-state index contributed by atoms with van der Waals surface area (Å²) in [6.07, 6.45) is 2.21. The summed E-state index contributed by atoms with van der Waals surface area (Å²) in [6.45, 7) is 2.16. The van der Waals surface area contributed by atoms with Crippen molar-refractivity contribution >= 4 is 17.3 Å². The second-order valence-corrected chi connectivity index (χ2v) is 5.18. The van der Waals surface area contributed by atoms with Crippen LogP contribution in [0.1, 0.15) is 12.8 Å². The van der Waals surface area contributed by atoms with Crippen LogP contribution in [-0.4, -0.2) is 48.5 Å². The van der Waals surface area contributed by atoms with Gasteiger partial charge in [-0.2, -0.15) is 0 Å². The van der Waals surface area contributed by atoms with E-state index in [1.54, 1.807) is 12.1 Å². The number of likely N-dealkylation sites (N-methyl/N-ethyl adjacent to an activating group) is 1. The third kappa shape index (κ3) is 4.24. The van der Waals surface area contributed by atoms with Gasteiger partial charge in [0, 0.05) is 30.4 Å². The number of hydrogen-bond acceptors (Lipinski definition) is 5. The summed E-state index contributed by atoms with van der Waals surface area (Å²) >= 11 is 0. The van der Waals surface area contributed by atoms with Gasteiger partial charge in [-0.25, -0.2) is 0 Å². The van der Waals surface area contributed by atoms with Crippen LogP contribution in [0.4, 0.5) is 11.4 Å². The molecule has 0 radical (unpaired) electrons. The van der Waals surface area contributed by atoms with Crippen molar-refractivity contribution in [2.45, 2.75) is 18.9 Å². The van der Waals surface area contributed by atoms with Gasteiger partial charge in [0.2, 0.25) is 5.91 Å². The van der Waals surface area contributed by atoms with Crippen molar-refractivity contribution in [3.8, 4) is 0 Å². The maximum atomic E-state index is 12.0. The van der Waals surface area contributed by atoms with Gasteiger partial charge in [0.05, 0.1) is 11.5 Å². The van der Waals surface area contributed by atoms with Crippen LogP contribution in [0.15, 0.2) is 24.3 Å². The van der Waals surface area contributed by atoms with Gasteiger partial charge in [-0.3, -0.25) is 19.8 Å². The highest BCUT2D eigenvalue weighted by Crippen LogP contribution is 2.18. The molecule has 0 aromatic heterocycles. The molecule has 0 saturated carbocycles. The van der Waals surface area contributed by atoms with Crippen molar-refractivity contribution in [3.05, 3.63) is 34.4 Å². The maximum absolute atomic E-state index is 12.0. The molecule has 1 aromatic carbocycles. The predicted octanol–water partition coefficient (Wildman–Crippen LogP) is 1.22. The van der Waals surface area contributed by atoms with E-state index in [0.717, 1.165) is 25.9 Å². The number of nitro groups is 1. The number of benzene rings is 1. The van der Waals surface area contributed by atoms with Crippen LogP contribution in [0.3, 0.4) is 0 Å². The fourth-order valence-electron chi connectivity index (χ4n) is 2.62. The lowest BCUT2D eigenvalue weighted by molar-refractivity contribution is -0.384. The van der Waals surface area contributed by atoms with Crippen LogP contribution >= 0.6 is 0 Å². The van der Waals surface area contributed by atoms with E-state index in [2.05, 4.69) is 15.5 Å². The SMILES string of the molecule is CNCC1CCCN1CC(=O)Nc1ccc([N+](=O)[O-])cc1. The quantitative estimate of drug-likeness (QED) is 0.608. The van der Waals surface area contributed by atoms with Crippen molar-refractivity contribution in [3.63, 3.8) is 0 Å². The zero-order chi connectivity index (χ0) is 15.2. The number of nitrogens with one attached hydrogen (secondary N) is 2. The Morgan fingerprint density at radius 1 is 1.43 bits per heavy atom. The van der Waals surface area contributed by atoms with Gasteiger partial charge in [-0.15, -0.1) is 0 Å². The van der Waals surface area contributed by atoms with E-state index in [9.17, 15) is 14.9 Å². The molecule has 1 heterocycles. The standard InChI is InChI=1S/C14H20N4O3/c1-15-9-13-3-2-8-17(13)10-14(19)16-11-4-6-12(7-5-11)18(20)21/h4-7,13,15H,2-3,8-10H2,1H3,(H,16,19). The molecule has 1 unspecified atom stereocenters. The van der Waals surface area contributed by atoms with Crippen molar-refractivity contribution in [1.82, 2.24) is 10.2 Å². The molecule has 21 heavy (non-hydrogen) atoms. The van der Waals surface area contributed by atoms with E-state index in [-0.39, 0.29) is 11.6 Å². The highest BCUT2D eigenvalue weighted by molar-refractivity contribution is 5.92. The number of non-ortho nitro benzene ring substituents is 1. The summed E-state index contributed by atoms with van der Waals surface area (Å²) in [7, 11) is 1.91. The monoisotopic (exact) mass is 292 g/mol. The van der Waals surface area contributed by atoms with Gasteiger partial charge in [0.15, 0.2) is 0 Å². The first-order valence-electron chi connectivity index (χ1n) is 7.03. The molecular weight excluding hydrogens is 272 g/mol. The van der Waals surface area contributed by atoms with E-state index >= 15 is 0 Å². The smallest absolute Gasteiger partial charge is 0.269 e. The summed E-state index contributed by atoms with van der Waals surface area (Å²) in [5, 5.41) is 16.5. The fourth-order valence-corrected chi connectivity index (χ4v) is 2.62. The number of carbonyl (C=O) groups excluding carboxylic acids is 1. The van der Waals surface area contributed by atoms with Gasteiger partial charge in [-0.1, -0.05) is 0 Å². The van der Waals surface area contributed by atoms with Crippen LogP contribution in [0.25, 0.3) is 0 Å². The molecule has 114 valence electrons. The fraction of sp³-hybridized carbons (Fsp3) is 0.500. The molecule has 7 heteroatoms. The van der Waals surface area contributed by atoms with E-state index in [1.807, 2.05) is 7.05 Å². The van der Waals surface area contributed by atoms with Crippen LogP contribution < -0.4 is 10.6 Å². The zero-order valence-electron chi connectivity index (χ0n) is 12.0. The lowest BCUT2D eigenvalue weighted by Gasteiger charge is -2.23. The minimum Gasteiger partial charge on any atom is -0.325 e. The highest BCUT2D eigenvalue weighted by atomic mass is 16.6. The summed E-state index contributed by atoms with van der Waals surface area (Å²) in [4.78, 5) is 24.3. The van der Waals surface area contributed by atoms with E-state index < -0.39 is 4.92 Å². The number of rotatable bonds is 6. The number of likely N-dealkylation sites (tertiary alicyclic amines) is 1. The second-order valence-electron chi connectivity index (χ2n) is 5.18. The van der Waals surface area contributed by atoms with Gasteiger partial charge in [0.1, 0.15) is 0 Å². The first kappa shape index (κ1) is 15.4. The Morgan fingerprint density at radius 2 is 2.14 bits per heavy atom. The molecule has 1 aliphatic rings. The number of nitrogens with zero attached hydrogens (tertiary/aromatic N) is 2. The molecule has 0 bridgehead atoms.